The maximum absolute atomic E-state index is 12.9. The number of carbonyl (C=O) groups excluding carboxylic acids is 2. The predicted octanol–water partition coefficient (Wildman–Crippen LogP) is 0.945. The van der Waals surface area contributed by atoms with Crippen molar-refractivity contribution in [2.24, 2.45) is 11.8 Å². The summed E-state index contributed by atoms with van der Waals surface area (Å²) in [5, 5.41) is 0. The highest BCUT2D eigenvalue weighted by molar-refractivity contribution is 5.89. The highest BCUT2D eigenvalue weighted by Crippen LogP contribution is 2.32. The van der Waals surface area contributed by atoms with E-state index in [0.29, 0.717) is 19.3 Å². The molecule has 0 unspecified atom stereocenters. The van der Waals surface area contributed by atoms with E-state index in [1.807, 2.05) is 23.1 Å². The van der Waals surface area contributed by atoms with Crippen molar-refractivity contribution in [3.05, 3.63) is 24.4 Å². The van der Waals surface area contributed by atoms with Gasteiger partial charge < -0.3 is 14.7 Å². The fraction of sp³-hybridized carbons (Fsp3) is 0.588. The lowest BCUT2D eigenvalue weighted by molar-refractivity contribution is -0.136. The zero-order valence-corrected chi connectivity index (χ0v) is 13.4. The van der Waals surface area contributed by atoms with Crippen molar-refractivity contribution < 1.29 is 9.59 Å². The molecule has 23 heavy (non-hydrogen) atoms. The third kappa shape index (κ3) is 2.66. The van der Waals surface area contributed by atoms with Gasteiger partial charge in [0.25, 0.3) is 0 Å². The van der Waals surface area contributed by atoms with Gasteiger partial charge in [-0.2, -0.15) is 0 Å². The summed E-state index contributed by atoms with van der Waals surface area (Å²) in [6.45, 7) is 4.37. The standard InChI is InChI=1S/C17H22N4O2/c1-12-8-19(15-4-2-3-7-18-15)9-14(12)17(23)20-10-16(22)21(11-20)13-5-6-13/h2-4,7,12-14H,5-6,8-11H2,1H3/t12-,14-/m1/s1. The molecular formula is C17H22N4O2. The summed E-state index contributed by atoms with van der Waals surface area (Å²) in [5.74, 6) is 1.37. The van der Waals surface area contributed by atoms with Gasteiger partial charge in [0.05, 0.1) is 12.6 Å². The van der Waals surface area contributed by atoms with Crippen LogP contribution in [0.15, 0.2) is 24.4 Å². The molecule has 1 aliphatic carbocycles. The first-order chi connectivity index (χ1) is 11.1. The number of anilines is 1. The van der Waals surface area contributed by atoms with Gasteiger partial charge in [-0.05, 0) is 30.9 Å². The molecule has 2 saturated heterocycles. The molecule has 0 radical (unpaired) electrons. The summed E-state index contributed by atoms with van der Waals surface area (Å²) in [4.78, 5) is 35.1. The van der Waals surface area contributed by atoms with Crippen LogP contribution in [0.3, 0.4) is 0 Å². The number of amides is 2. The van der Waals surface area contributed by atoms with Gasteiger partial charge in [-0.15, -0.1) is 0 Å². The maximum Gasteiger partial charge on any atom is 0.243 e. The van der Waals surface area contributed by atoms with Crippen LogP contribution in [0.4, 0.5) is 5.82 Å². The monoisotopic (exact) mass is 314 g/mol. The highest BCUT2D eigenvalue weighted by Gasteiger charge is 2.44. The number of aromatic nitrogens is 1. The predicted molar refractivity (Wildman–Crippen MR) is 85.6 cm³/mol. The molecule has 2 aliphatic heterocycles. The molecule has 3 aliphatic rings. The first-order valence-electron chi connectivity index (χ1n) is 8.37. The second kappa shape index (κ2) is 5.51. The average molecular weight is 314 g/mol. The number of rotatable bonds is 3. The minimum atomic E-state index is -0.0519. The van der Waals surface area contributed by atoms with Gasteiger partial charge in [-0.1, -0.05) is 13.0 Å². The van der Waals surface area contributed by atoms with E-state index >= 15 is 0 Å². The zero-order chi connectivity index (χ0) is 16.0. The first-order valence-corrected chi connectivity index (χ1v) is 8.37. The molecule has 6 nitrogen and oxygen atoms in total. The summed E-state index contributed by atoms with van der Waals surface area (Å²) < 4.78 is 0. The van der Waals surface area contributed by atoms with E-state index in [1.165, 1.54) is 0 Å². The second-order valence-corrected chi connectivity index (χ2v) is 6.95. The van der Waals surface area contributed by atoms with E-state index < -0.39 is 0 Å². The van der Waals surface area contributed by atoms with Crippen LogP contribution in [0.1, 0.15) is 19.8 Å². The minimum absolute atomic E-state index is 0.0519. The Morgan fingerprint density at radius 3 is 2.78 bits per heavy atom. The van der Waals surface area contributed by atoms with Crippen molar-refractivity contribution in [1.29, 1.82) is 0 Å². The van der Waals surface area contributed by atoms with Crippen molar-refractivity contribution >= 4 is 17.6 Å². The Hall–Kier alpha value is -2.11. The van der Waals surface area contributed by atoms with Crippen molar-refractivity contribution in [3.63, 3.8) is 0 Å². The molecule has 1 aromatic heterocycles. The van der Waals surface area contributed by atoms with Crippen LogP contribution in [0, 0.1) is 11.8 Å². The zero-order valence-electron chi connectivity index (χ0n) is 13.4. The van der Waals surface area contributed by atoms with Crippen LogP contribution in [-0.4, -0.2) is 58.9 Å². The molecule has 0 N–H and O–H groups in total. The third-order valence-corrected chi connectivity index (χ3v) is 5.17. The van der Waals surface area contributed by atoms with Crippen LogP contribution < -0.4 is 4.90 Å². The van der Waals surface area contributed by atoms with Crippen LogP contribution in [0.25, 0.3) is 0 Å². The van der Waals surface area contributed by atoms with Gasteiger partial charge in [-0.25, -0.2) is 4.98 Å². The van der Waals surface area contributed by atoms with Gasteiger partial charge >= 0.3 is 0 Å². The summed E-state index contributed by atoms with van der Waals surface area (Å²) in [6, 6.07) is 6.22. The van der Waals surface area contributed by atoms with E-state index in [0.717, 1.165) is 25.2 Å². The third-order valence-electron chi connectivity index (χ3n) is 5.17. The van der Waals surface area contributed by atoms with E-state index in [1.54, 1.807) is 11.1 Å². The topological polar surface area (TPSA) is 56.8 Å². The quantitative estimate of drug-likeness (QED) is 0.833. The number of hydrogen-bond acceptors (Lipinski definition) is 4. The van der Waals surface area contributed by atoms with Crippen LogP contribution in [0.2, 0.25) is 0 Å². The minimum Gasteiger partial charge on any atom is -0.356 e. The van der Waals surface area contributed by atoms with Crippen LogP contribution >= 0.6 is 0 Å². The Kier molecular flexibility index (Phi) is 3.47. The first kappa shape index (κ1) is 14.5. The fourth-order valence-corrected chi connectivity index (χ4v) is 3.67. The van der Waals surface area contributed by atoms with E-state index in [4.69, 9.17) is 0 Å². The molecule has 6 heteroatoms. The Bertz CT molecular complexity index is 616. The lowest BCUT2D eigenvalue weighted by Gasteiger charge is -2.22. The van der Waals surface area contributed by atoms with E-state index in [-0.39, 0.29) is 30.2 Å². The molecular weight excluding hydrogens is 292 g/mol. The number of nitrogens with zero attached hydrogens (tertiary/aromatic N) is 4. The van der Waals surface area contributed by atoms with E-state index in [2.05, 4.69) is 16.8 Å². The summed E-state index contributed by atoms with van der Waals surface area (Å²) in [5.41, 5.74) is 0. The van der Waals surface area contributed by atoms with Gasteiger partial charge in [0.1, 0.15) is 12.4 Å². The molecule has 0 spiro atoms. The lowest BCUT2D eigenvalue weighted by Crippen LogP contribution is -2.39. The van der Waals surface area contributed by atoms with Gasteiger partial charge in [0.15, 0.2) is 0 Å². The normalized spacial score (nSPS) is 27.9. The number of hydrogen-bond donors (Lipinski definition) is 0. The van der Waals surface area contributed by atoms with Crippen molar-refractivity contribution in [1.82, 2.24) is 14.8 Å². The maximum atomic E-state index is 12.9. The summed E-state index contributed by atoms with van der Waals surface area (Å²) >= 11 is 0. The fourth-order valence-electron chi connectivity index (χ4n) is 3.67. The summed E-state index contributed by atoms with van der Waals surface area (Å²) in [6.07, 6.45) is 3.95. The largest absolute Gasteiger partial charge is 0.356 e. The molecule has 4 rings (SSSR count). The number of carbonyl (C=O) groups is 2. The van der Waals surface area contributed by atoms with Crippen molar-refractivity contribution in [2.45, 2.75) is 25.8 Å². The van der Waals surface area contributed by atoms with Gasteiger partial charge in [0, 0.05) is 25.3 Å². The molecule has 2 atom stereocenters. The van der Waals surface area contributed by atoms with Gasteiger partial charge in [-0.3, -0.25) is 9.59 Å². The van der Waals surface area contributed by atoms with Crippen LogP contribution in [-0.2, 0) is 9.59 Å². The molecule has 2 amide bonds. The molecule has 0 bridgehead atoms. The average Bonchev–Trinajstić information content (AvgIpc) is 3.22. The highest BCUT2D eigenvalue weighted by atomic mass is 16.2. The van der Waals surface area contributed by atoms with Crippen molar-refractivity contribution in [2.75, 3.05) is 31.2 Å². The Morgan fingerprint density at radius 1 is 1.26 bits per heavy atom. The van der Waals surface area contributed by atoms with Gasteiger partial charge in [0.2, 0.25) is 11.8 Å². The molecule has 1 aromatic rings. The lowest BCUT2D eigenvalue weighted by atomic mass is 9.97. The molecule has 0 aromatic carbocycles. The molecule has 3 fully saturated rings. The molecule has 1 saturated carbocycles. The Morgan fingerprint density at radius 2 is 2.09 bits per heavy atom. The number of pyridine rings is 1. The Balaban J connectivity index is 1.43. The second-order valence-electron chi connectivity index (χ2n) is 6.95. The Labute approximate surface area is 136 Å². The van der Waals surface area contributed by atoms with Crippen LogP contribution in [0.5, 0.6) is 0 Å². The SMILES string of the molecule is C[C@@H]1CN(c2ccccn2)C[C@H]1C(=O)N1CC(=O)N(C2CC2)C1. The van der Waals surface area contributed by atoms with E-state index in [9.17, 15) is 9.59 Å². The van der Waals surface area contributed by atoms with Crippen molar-refractivity contribution in [3.8, 4) is 0 Å². The summed E-state index contributed by atoms with van der Waals surface area (Å²) in [7, 11) is 0. The smallest absolute Gasteiger partial charge is 0.243 e. The molecule has 122 valence electrons. The molecule has 3 heterocycles.